The van der Waals surface area contributed by atoms with Gasteiger partial charge in [-0.05, 0) is 49.8 Å². The van der Waals surface area contributed by atoms with Crippen molar-refractivity contribution in [3.8, 4) is 0 Å². The maximum atomic E-state index is 15.0. The van der Waals surface area contributed by atoms with E-state index in [0.717, 1.165) is 5.52 Å². The first kappa shape index (κ1) is 37.9. The Bertz CT molecular complexity index is 1830. The maximum Gasteiger partial charge on any atom is 0.313 e. The van der Waals surface area contributed by atoms with E-state index in [4.69, 9.17) is 9.47 Å². The lowest BCUT2D eigenvalue weighted by Crippen LogP contribution is -2.60. The van der Waals surface area contributed by atoms with Crippen LogP contribution in [0.4, 0.5) is 0 Å². The zero-order chi connectivity index (χ0) is 37.9. The summed E-state index contributed by atoms with van der Waals surface area (Å²) in [5, 5.41) is 22.3. The number of aliphatic hydroxyl groups excluding tert-OH is 1. The summed E-state index contributed by atoms with van der Waals surface area (Å²) in [5.41, 5.74) is 0.754. The standard InChI is InChI=1S/C40H50N6O7/c1-6-9-19-32(48)41-26(5)35(27-15-11-10-12-16-27)52-39(51)33-31-20-21-40(53-31)34(33)37(49)46(30(23-47)25(4)8-3)36(40)38(50)44(22-7-2)24-45-29-18-14-13-17-28(29)42-43-45/h6-7,10-18,25-26,30-31,33-36,47H,1-2,8-9,19-24H2,3-5H3,(H,41,48)/t25-,26+,30-,31+,33-,34-,35+,36+,40-/m0/s1. The average Bonchev–Trinajstić information content (AvgIpc) is 3.92. The third-order valence-electron chi connectivity index (χ3n) is 11.3. The summed E-state index contributed by atoms with van der Waals surface area (Å²) < 4.78 is 14.6. The number of likely N-dealkylation sites (tertiary alicyclic amines) is 1. The van der Waals surface area contributed by atoms with Gasteiger partial charge in [-0.1, -0.05) is 80.1 Å². The summed E-state index contributed by atoms with van der Waals surface area (Å²) >= 11 is 0. The summed E-state index contributed by atoms with van der Waals surface area (Å²) in [6.07, 6.45) is 3.95. The van der Waals surface area contributed by atoms with E-state index < -0.39 is 65.6 Å². The number of para-hydroxylation sites is 1. The number of ether oxygens (including phenoxy) is 2. The van der Waals surface area contributed by atoms with Gasteiger partial charge in [0.25, 0.3) is 0 Å². The summed E-state index contributed by atoms with van der Waals surface area (Å²) in [6, 6.07) is 14.1. The number of aromatic nitrogens is 3. The average molecular weight is 727 g/mol. The number of amides is 3. The van der Waals surface area contributed by atoms with Crippen LogP contribution in [0.15, 0.2) is 79.9 Å². The van der Waals surface area contributed by atoms with E-state index in [1.54, 1.807) is 28.7 Å². The molecule has 4 heterocycles. The highest BCUT2D eigenvalue weighted by Crippen LogP contribution is 2.59. The van der Waals surface area contributed by atoms with Crippen molar-refractivity contribution in [3.63, 3.8) is 0 Å². The van der Waals surface area contributed by atoms with Crippen LogP contribution in [0, 0.1) is 17.8 Å². The van der Waals surface area contributed by atoms with Gasteiger partial charge in [0.1, 0.15) is 29.9 Å². The molecule has 0 radical (unpaired) electrons. The summed E-state index contributed by atoms with van der Waals surface area (Å²) in [7, 11) is 0. The van der Waals surface area contributed by atoms with Gasteiger partial charge in [0.15, 0.2) is 0 Å². The first-order valence-corrected chi connectivity index (χ1v) is 18.5. The molecule has 0 unspecified atom stereocenters. The predicted molar refractivity (Wildman–Crippen MR) is 197 cm³/mol. The quantitative estimate of drug-likeness (QED) is 0.155. The van der Waals surface area contributed by atoms with Crippen LogP contribution in [0.3, 0.4) is 0 Å². The largest absolute Gasteiger partial charge is 0.455 e. The predicted octanol–water partition coefficient (Wildman–Crippen LogP) is 3.94. The highest BCUT2D eigenvalue weighted by Gasteiger charge is 2.76. The van der Waals surface area contributed by atoms with E-state index in [-0.39, 0.29) is 38.1 Å². The number of fused-ring (bicyclic) bond motifs is 2. The second-order valence-electron chi connectivity index (χ2n) is 14.5. The fourth-order valence-electron chi connectivity index (χ4n) is 8.48. The molecule has 2 N–H and O–H groups in total. The van der Waals surface area contributed by atoms with Crippen molar-refractivity contribution in [3.05, 3.63) is 85.5 Å². The Balaban J connectivity index is 1.35. The number of carbonyl (C=O) groups excluding carboxylic acids is 4. The highest BCUT2D eigenvalue weighted by atomic mass is 16.6. The van der Waals surface area contributed by atoms with E-state index in [9.17, 15) is 19.5 Å². The van der Waals surface area contributed by atoms with Gasteiger partial charge in [-0.2, -0.15) is 0 Å². The van der Waals surface area contributed by atoms with Crippen LogP contribution in [0.2, 0.25) is 0 Å². The number of esters is 1. The van der Waals surface area contributed by atoms with Crippen LogP contribution in [-0.2, 0) is 35.3 Å². The molecule has 282 valence electrons. The minimum absolute atomic E-state index is 0.0296. The molecule has 0 saturated carbocycles. The molecule has 3 aliphatic rings. The van der Waals surface area contributed by atoms with E-state index in [2.05, 4.69) is 28.8 Å². The number of nitrogens with one attached hydrogen (secondary N) is 1. The van der Waals surface area contributed by atoms with Gasteiger partial charge >= 0.3 is 5.97 Å². The van der Waals surface area contributed by atoms with Crippen molar-refractivity contribution in [2.75, 3.05) is 13.2 Å². The normalized spacial score (nSPS) is 25.4. The molecule has 9 atom stereocenters. The molecular weight excluding hydrogens is 676 g/mol. The minimum Gasteiger partial charge on any atom is -0.455 e. The van der Waals surface area contributed by atoms with Crippen molar-refractivity contribution in [1.82, 2.24) is 30.1 Å². The van der Waals surface area contributed by atoms with Crippen molar-refractivity contribution in [2.45, 2.75) is 95.5 Å². The Kier molecular flexibility index (Phi) is 11.4. The van der Waals surface area contributed by atoms with Crippen molar-refractivity contribution < 1.29 is 33.8 Å². The SMILES string of the molecule is C=CCCC(=O)N[C@H](C)[C@@H](OC(=O)[C@@H]1[C@H]2C(=O)N([C@@H](CO)[C@@H](C)CC)[C@H](C(=O)N(CC=C)Cn3nnc4ccccc43)[C@]23CC[C@H]1O3)c1ccccc1. The molecule has 13 nitrogen and oxygen atoms in total. The molecule has 2 aromatic carbocycles. The number of hydrogen-bond donors (Lipinski definition) is 2. The number of aliphatic hydroxyl groups is 1. The van der Waals surface area contributed by atoms with Crippen LogP contribution in [-0.4, -0.2) is 96.6 Å². The molecule has 3 fully saturated rings. The lowest BCUT2D eigenvalue weighted by atomic mass is 9.70. The van der Waals surface area contributed by atoms with Crippen LogP contribution in [0.25, 0.3) is 11.0 Å². The first-order valence-electron chi connectivity index (χ1n) is 18.5. The molecule has 6 rings (SSSR count). The van der Waals surface area contributed by atoms with Gasteiger partial charge < -0.3 is 29.7 Å². The second kappa shape index (κ2) is 16.0. The first-order chi connectivity index (χ1) is 25.6. The third kappa shape index (κ3) is 6.99. The fraction of sp³-hybridized carbons (Fsp3) is 0.500. The van der Waals surface area contributed by atoms with Gasteiger partial charge in [0.05, 0.1) is 42.1 Å². The lowest BCUT2D eigenvalue weighted by Gasteiger charge is -2.40. The Morgan fingerprint density at radius 2 is 1.87 bits per heavy atom. The molecule has 13 heteroatoms. The van der Waals surface area contributed by atoms with Crippen LogP contribution in [0.1, 0.15) is 64.5 Å². The van der Waals surface area contributed by atoms with Gasteiger partial charge in [-0.3, -0.25) is 19.2 Å². The molecule has 53 heavy (non-hydrogen) atoms. The molecule has 2 bridgehead atoms. The minimum atomic E-state index is -1.33. The summed E-state index contributed by atoms with van der Waals surface area (Å²) in [6.45, 7) is 13.0. The van der Waals surface area contributed by atoms with Crippen LogP contribution in [0.5, 0.6) is 0 Å². The molecule has 1 aromatic heterocycles. The molecule has 3 aliphatic heterocycles. The Morgan fingerprint density at radius 1 is 1.13 bits per heavy atom. The summed E-state index contributed by atoms with van der Waals surface area (Å²) in [4.78, 5) is 60.1. The Labute approximate surface area is 310 Å². The maximum absolute atomic E-state index is 15.0. The van der Waals surface area contributed by atoms with E-state index in [1.807, 2.05) is 68.4 Å². The Morgan fingerprint density at radius 3 is 2.57 bits per heavy atom. The molecule has 3 saturated heterocycles. The fourth-order valence-corrected chi connectivity index (χ4v) is 8.48. The molecule has 3 aromatic rings. The number of benzene rings is 2. The van der Waals surface area contributed by atoms with E-state index >= 15 is 4.79 Å². The van der Waals surface area contributed by atoms with Crippen LogP contribution >= 0.6 is 0 Å². The molecule has 1 spiro atoms. The zero-order valence-corrected chi connectivity index (χ0v) is 30.7. The smallest absolute Gasteiger partial charge is 0.313 e. The van der Waals surface area contributed by atoms with E-state index in [1.165, 1.54) is 4.90 Å². The van der Waals surface area contributed by atoms with Crippen LogP contribution < -0.4 is 5.32 Å². The zero-order valence-electron chi connectivity index (χ0n) is 30.7. The van der Waals surface area contributed by atoms with Gasteiger partial charge in [0, 0.05) is 13.0 Å². The Hall–Kier alpha value is -4.88. The third-order valence-corrected chi connectivity index (χ3v) is 11.3. The number of rotatable bonds is 17. The van der Waals surface area contributed by atoms with Crippen molar-refractivity contribution in [1.29, 1.82) is 0 Å². The van der Waals surface area contributed by atoms with Gasteiger partial charge in [0.2, 0.25) is 17.7 Å². The lowest BCUT2D eigenvalue weighted by molar-refractivity contribution is -0.163. The topological polar surface area (TPSA) is 156 Å². The van der Waals surface area contributed by atoms with Crippen molar-refractivity contribution in [2.24, 2.45) is 17.8 Å². The number of carbonyl (C=O) groups is 4. The molecular formula is C40H50N6O7. The monoisotopic (exact) mass is 726 g/mol. The highest BCUT2D eigenvalue weighted by molar-refractivity contribution is 5.98. The number of allylic oxidation sites excluding steroid dienone is 1. The second-order valence-corrected chi connectivity index (χ2v) is 14.5. The number of nitrogens with zero attached hydrogens (tertiary/aromatic N) is 5. The van der Waals surface area contributed by atoms with Gasteiger partial charge in [-0.25, -0.2) is 4.68 Å². The molecule has 0 aliphatic carbocycles. The molecule has 3 amide bonds. The summed E-state index contributed by atoms with van der Waals surface area (Å²) in [5.74, 6) is -3.85. The number of hydrogen-bond acceptors (Lipinski definition) is 9. The van der Waals surface area contributed by atoms with Crippen molar-refractivity contribution >= 4 is 34.7 Å². The van der Waals surface area contributed by atoms with Gasteiger partial charge in [-0.15, -0.1) is 18.3 Å². The van der Waals surface area contributed by atoms with E-state index in [0.29, 0.717) is 36.8 Å².